The second-order valence-electron chi connectivity index (χ2n) is 6.53. The van der Waals surface area contributed by atoms with Gasteiger partial charge >= 0.3 is 24.3 Å². The Morgan fingerprint density at radius 2 is 1.41 bits per heavy atom. The van der Waals surface area contributed by atoms with Crippen molar-refractivity contribution >= 4 is 11.9 Å². The Labute approximate surface area is 178 Å². The first-order valence-corrected chi connectivity index (χ1v) is 9.19. The van der Waals surface area contributed by atoms with E-state index in [0.29, 0.717) is 5.92 Å². The van der Waals surface area contributed by atoms with Crippen LogP contribution < -0.4 is 5.32 Å². The molecule has 0 bridgehead atoms. The highest BCUT2D eigenvalue weighted by Crippen LogP contribution is 2.25. The van der Waals surface area contributed by atoms with E-state index in [4.69, 9.17) is 19.8 Å². The molecule has 32 heavy (non-hydrogen) atoms. The average molecular weight is 469 g/mol. The van der Waals surface area contributed by atoms with Gasteiger partial charge in [0, 0.05) is 17.8 Å². The highest BCUT2D eigenvalue weighted by Gasteiger charge is 2.38. The number of carbonyl (C=O) groups is 2. The zero-order valence-electron chi connectivity index (χ0n) is 16.5. The molecule has 7 nitrogen and oxygen atoms in total. The fourth-order valence-corrected chi connectivity index (χ4v) is 2.70. The van der Waals surface area contributed by atoms with Crippen LogP contribution in [0.25, 0.3) is 0 Å². The van der Waals surface area contributed by atoms with Crippen LogP contribution in [0.1, 0.15) is 30.0 Å². The second-order valence-corrected chi connectivity index (χ2v) is 6.53. The highest BCUT2D eigenvalue weighted by molar-refractivity contribution is 5.73. The van der Waals surface area contributed by atoms with Crippen molar-refractivity contribution in [2.75, 3.05) is 13.1 Å². The number of hydrogen-bond acceptors (Lipinski definition) is 4. The molecule has 178 valence electrons. The van der Waals surface area contributed by atoms with Gasteiger partial charge in [0.1, 0.15) is 0 Å². The molecule has 2 aromatic rings. The summed E-state index contributed by atoms with van der Waals surface area (Å²) in [5.41, 5.74) is 2.71. The first kappa shape index (κ1) is 26.9. The van der Waals surface area contributed by atoms with Crippen molar-refractivity contribution in [2.24, 2.45) is 0 Å². The Morgan fingerprint density at radius 3 is 1.84 bits per heavy atom. The molecule has 13 heteroatoms. The molecule has 1 aliphatic heterocycles. The van der Waals surface area contributed by atoms with Gasteiger partial charge in [-0.25, -0.2) is 9.59 Å². The molecule has 0 aliphatic carbocycles. The van der Waals surface area contributed by atoms with Crippen LogP contribution in [0.15, 0.2) is 42.6 Å². The van der Waals surface area contributed by atoms with Gasteiger partial charge in [0.05, 0.1) is 6.54 Å². The van der Waals surface area contributed by atoms with E-state index >= 15 is 0 Å². The van der Waals surface area contributed by atoms with Gasteiger partial charge in [0.2, 0.25) is 0 Å². The summed E-state index contributed by atoms with van der Waals surface area (Å²) >= 11 is 0. The van der Waals surface area contributed by atoms with Crippen LogP contribution in [0.2, 0.25) is 0 Å². The first-order valence-electron chi connectivity index (χ1n) is 9.19. The van der Waals surface area contributed by atoms with Gasteiger partial charge < -0.3 is 15.5 Å². The maximum Gasteiger partial charge on any atom is 0.490 e. The maximum atomic E-state index is 10.6. The molecule has 1 fully saturated rings. The van der Waals surface area contributed by atoms with E-state index in [2.05, 4.69) is 51.5 Å². The number of rotatable bonds is 3. The summed E-state index contributed by atoms with van der Waals surface area (Å²) in [6.07, 6.45) is -5.79. The molecule has 0 radical (unpaired) electrons. The number of aromatic nitrogens is 2. The third kappa shape index (κ3) is 9.81. The smallest absolute Gasteiger partial charge is 0.475 e. The molecule has 0 spiro atoms. The van der Waals surface area contributed by atoms with Crippen molar-refractivity contribution < 1.29 is 46.1 Å². The van der Waals surface area contributed by atoms with E-state index in [1.807, 2.05) is 6.20 Å². The van der Waals surface area contributed by atoms with E-state index in [9.17, 15) is 26.3 Å². The number of alkyl halides is 6. The maximum absolute atomic E-state index is 10.6. The van der Waals surface area contributed by atoms with Gasteiger partial charge in [0.15, 0.2) is 0 Å². The van der Waals surface area contributed by atoms with E-state index < -0.39 is 24.3 Å². The molecule has 0 unspecified atom stereocenters. The van der Waals surface area contributed by atoms with Crippen LogP contribution in [-0.2, 0) is 16.1 Å². The van der Waals surface area contributed by atoms with Gasteiger partial charge in [-0.3, -0.25) is 4.68 Å². The van der Waals surface area contributed by atoms with Crippen LogP contribution in [0.5, 0.6) is 0 Å². The van der Waals surface area contributed by atoms with Gasteiger partial charge in [-0.15, -0.1) is 0 Å². The Bertz CT molecular complexity index is 823. The highest BCUT2D eigenvalue weighted by atomic mass is 19.4. The first-order chi connectivity index (χ1) is 14.8. The largest absolute Gasteiger partial charge is 0.490 e. The van der Waals surface area contributed by atoms with Crippen molar-refractivity contribution in [2.45, 2.75) is 37.7 Å². The van der Waals surface area contributed by atoms with Gasteiger partial charge in [-0.1, -0.05) is 30.3 Å². The lowest BCUT2D eigenvalue weighted by Gasteiger charge is -2.23. The number of halogens is 6. The molecule has 3 rings (SSSR count). The summed E-state index contributed by atoms with van der Waals surface area (Å²) < 4.78 is 65.6. The molecule has 0 saturated carbocycles. The Kier molecular flexibility index (Phi) is 10.2. The molecule has 1 aromatic heterocycles. The van der Waals surface area contributed by atoms with Gasteiger partial charge in [-0.2, -0.15) is 31.4 Å². The standard InChI is InChI=1S/C15H19N3.2C2HF3O2/c1-2-4-13(5-3-1)12-18-15(8-11-17-18)14-6-9-16-10-7-14;2*3-2(4,5)1(6)7/h1-5,8,11,14,16H,6-7,9-10,12H2;2*(H,6,7). The fourth-order valence-electron chi connectivity index (χ4n) is 2.70. The Morgan fingerprint density at radius 1 is 0.938 bits per heavy atom. The number of hydrogen-bond donors (Lipinski definition) is 3. The molecule has 0 amide bonds. The summed E-state index contributed by atoms with van der Waals surface area (Å²) in [6, 6.07) is 12.7. The van der Waals surface area contributed by atoms with Crippen molar-refractivity contribution in [3.05, 3.63) is 53.9 Å². The topological polar surface area (TPSA) is 104 Å². The molecule has 0 atom stereocenters. The number of piperidine rings is 1. The fraction of sp³-hybridized carbons (Fsp3) is 0.421. The third-order valence-corrected chi connectivity index (χ3v) is 4.17. The zero-order valence-corrected chi connectivity index (χ0v) is 16.5. The molecule has 3 N–H and O–H groups in total. The normalized spacial score (nSPS) is 14.4. The minimum atomic E-state index is -5.08. The van der Waals surface area contributed by atoms with Crippen LogP contribution in [-0.4, -0.2) is 57.4 Å². The van der Waals surface area contributed by atoms with Gasteiger partial charge in [-0.05, 0) is 37.6 Å². The van der Waals surface area contributed by atoms with E-state index in [0.717, 1.165) is 19.6 Å². The van der Waals surface area contributed by atoms with Crippen molar-refractivity contribution in [3.63, 3.8) is 0 Å². The quantitative estimate of drug-likeness (QED) is 0.593. The number of carboxylic acid groups (broad SMARTS) is 2. The lowest BCUT2D eigenvalue weighted by Crippen LogP contribution is -2.28. The summed E-state index contributed by atoms with van der Waals surface area (Å²) in [6.45, 7) is 3.13. The van der Waals surface area contributed by atoms with E-state index in [1.165, 1.54) is 24.1 Å². The SMILES string of the molecule is O=C(O)C(F)(F)F.O=C(O)C(F)(F)F.c1ccc(Cn2nccc2C2CCNCC2)cc1. The number of benzene rings is 1. The van der Waals surface area contributed by atoms with E-state index in [-0.39, 0.29) is 0 Å². The Balaban J connectivity index is 0.000000305. The van der Waals surface area contributed by atoms with Crippen LogP contribution in [0.3, 0.4) is 0 Å². The third-order valence-electron chi connectivity index (χ3n) is 4.17. The van der Waals surface area contributed by atoms with Crippen LogP contribution in [0.4, 0.5) is 26.3 Å². The summed E-state index contributed by atoms with van der Waals surface area (Å²) in [4.78, 5) is 17.8. The number of nitrogens with one attached hydrogen (secondary N) is 1. The lowest BCUT2D eigenvalue weighted by molar-refractivity contribution is -0.193. The molecular formula is C19H21F6N3O4. The van der Waals surface area contributed by atoms with Crippen LogP contribution in [0, 0.1) is 0 Å². The molecular weight excluding hydrogens is 448 g/mol. The summed E-state index contributed by atoms with van der Waals surface area (Å²) in [5, 5.41) is 22.1. The molecule has 1 saturated heterocycles. The molecule has 2 heterocycles. The lowest BCUT2D eigenvalue weighted by atomic mass is 9.94. The predicted octanol–water partition coefficient (Wildman–Crippen LogP) is 3.67. The second kappa shape index (κ2) is 12.1. The minimum Gasteiger partial charge on any atom is -0.475 e. The minimum absolute atomic E-state index is 0.664. The van der Waals surface area contributed by atoms with Crippen molar-refractivity contribution in [3.8, 4) is 0 Å². The predicted molar refractivity (Wildman–Crippen MR) is 100.0 cm³/mol. The number of aliphatic carboxylic acids is 2. The van der Waals surface area contributed by atoms with Crippen molar-refractivity contribution in [1.82, 2.24) is 15.1 Å². The Hall–Kier alpha value is -3.09. The van der Waals surface area contributed by atoms with E-state index in [1.54, 1.807) is 0 Å². The number of nitrogens with zero attached hydrogens (tertiary/aromatic N) is 2. The van der Waals surface area contributed by atoms with Crippen molar-refractivity contribution in [1.29, 1.82) is 0 Å². The number of carboxylic acids is 2. The zero-order chi connectivity index (χ0) is 24.4. The van der Waals surface area contributed by atoms with Crippen LogP contribution >= 0.6 is 0 Å². The average Bonchev–Trinajstić information content (AvgIpc) is 3.17. The summed E-state index contributed by atoms with van der Waals surface area (Å²) in [5.74, 6) is -4.85. The molecule has 1 aromatic carbocycles. The summed E-state index contributed by atoms with van der Waals surface area (Å²) in [7, 11) is 0. The van der Waals surface area contributed by atoms with Gasteiger partial charge in [0.25, 0.3) is 0 Å². The molecule has 1 aliphatic rings. The monoisotopic (exact) mass is 469 g/mol.